The third kappa shape index (κ3) is 5.01. The number of hydrogen-bond acceptors (Lipinski definition) is 4. The van der Waals surface area contributed by atoms with E-state index < -0.39 is 0 Å². The molecule has 5 nitrogen and oxygen atoms in total. The summed E-state index contributed by atoms with van der Waals surface area (Å²) >= 11 is 0. The first-order valence-corrected chi connectivity index (χ1v) is 9.76. The summed E-state index contributed by atoms with van der Waals surface area (Å²) in [7, 11) is 0. The number of carbonyl (C=O) groups is 1. The van der Waals surface area contributed by atoms with E-state index >= 15 is 0 Å². The minimum absolute atomic E-state index is 0.0541. The number of ether oxygens (including phenoxy) is 2. The highest BCUT2D eigenvalue weighted by atomic mass is 16.6. The summed E-state index contributed by atoms with van der Waals surface area (Å²) in [5, 5.41) is 4.40. The Balaban J connectivity index is 1.61. The number of carbonyl (C=O) groups excluding carboxylic acids is 1. The van der Waals surface area contributed by atoms with Crippen molar-refractivity contribution in [2.45, 2.75) is 58.1 Å². The van der Waals surface area contributed by atoms with Crippen LogP contribution in [0.1, 0.15) is 46.0 Å². The molecule has 3 rings (SSSR count). The summed E-state index contributed by atoms with van der Waals surface area (Å²) in [6, 6.07) is 8.26. The van der Waals surface area contributed by atoms with Crippen molar-refractivity contribution in [1.29, 1.82) is 0 Å². The Morgan fingerprint density at radius 3 is 2.81 bits per heavy atom. The molecule has 0 spiro atoms. The summed E-state index contributed by atoms with van der Waals surface area (Å²) in [4.78, 5) is 15.7. The fourth-order valence-electron chi connectivity index (χ4n) is 3.47. The fraction of sp³-hybridized carbons (Fsp3) is 0.571. The van der Waals surface area contributed by atoms with Gasteiger partial charge in [0.05, 0.1) is 5.92 Å². The highest BCUT2D eigenvalue weighted by molar-refractivity contribution is 5.85. The summed E-state index contributed by atoms with van der Waals surface area (Å²) in [6.45, 7) is 5.12. The lowest BCUT2D eigenvalue weighted by molar-refractivity contribution is -0.156. The highest BCUT2D eigenvalue weighted by Crippen LogP contribution is 2.26. The SMILES string of the molecule is CC(C)NCC(COc1cccc2[nH]ccc12)OC(=O)C1CCCCC1. The van der Waals surface area contributed by atoms with Gasteiger partial charge in [0.25, 0.3) is 0 Å². The van der Waals surface area contributed by atoms with Crippen molar-refractivity contribution in [2.75, 3.05) is 13.2 Å². The first-order chi connectivity index (χ1) is 12.6. The van der Waals surface area contributed by atoms with Crippen molar-refractivity contribution in [3.63, 3.8) is 0 Å². The normalized spacial score (nSPS) is 16.7. The predicted molar refractivity (Wildman–Crippen MR) is 103 cm³/mol. The van der Waals surface area contributed by atoms with Gasteiger partial charge in [-0.1, -0.05) is 39.2 Å². The van der Waals surface area contributed by atoms with Crippen LogP contribution in [0.4, 0.5) is 0 Å². The van der Waals surface area contributed by atoms with Gasteiger partial charge in [0, 0.05) is 29.7 Å². The van der Waals surface area contributed by atoms with E-state index in [2.05, 4.69) is 24.1 Å². The number of aromatic nitrogens is 1. The van der Waals surface area contributed by atoms with Crippen LogP contribution in [0.5, 0.6) is 5.75 Å². The van der Waals surface area contributed by atoms with Crippen LogP contribution in [0.3, 0.4) is 0 Å². The van der Waals surface area contributed by atoms with E-state index in [9.17, 15) is 4.79 Å². The number of H-pyrrole nitrogens is 1. The Hall–Kier alpha value is -2.01. The van der Waals surface area contributed by atoms with Gasteiger partial charge >= 0.3 is 5.97 Å². The molecular weight excluding hydrogens is 328 g/mol. The van der Waals surface area contributed by atoms with Gasteiger partial charge in [-0.3, -0.25) is 4.79 Å². The molecule has 0 bridgehead atoms. The summed E-state index contributed by atoms with van der Waals surface area (Å²) in [6.07, 6.45) is 6.99. The van der Waals surface area contributed by atoms with E-state index in [1.807, 2.05) is 30.5 Å². The molecule has 0 amide bonds. The van der Waals surface area contributed by atoms with Crippen LogP contribution >= 0.6 is 0 Å². The molecule has 1 saturated carbocycles. The second-order valence-electron chi connectivity index (χ2n) is 7.46. The number of nitrogens with one attached hydrogen (secondary N) is 2. The van der Waals surface area contributed by atoms with Gasteiger partial charge in [-0.15, -0.1) is 0 Å². The Labute approximate surface area is 155 Å². The number of rotatable bonds is 8. The molecule has 1 aliphatic rings. The average Bonchev–Trinajstić information content (AvgIpc) is 3.13. The molecule has 1 aromatic heterocycles. The zero-order valence-corrected chi connectivity index (χ0v) is 15.8. The summed E-state index contributed by atoms with van der Waals surface area (Å²) < 4.78 is 11.8. The summed E-state index contributed by atoms with van der Waals surface area (Å²) in [5.41, 5.74) is 1.04. The lowest BCUT2D eigenvalue weighted by Crippen LogP contribution is -2.39. The monoisotopic (exact) mass is 358 g/mol. The summed E-state index contributed by atoms with van der Waals surface area (Å²) in [5.74, 6) is 0.800. The number of esters is 1. The van der Waals surface area contributed by atoms with Gasteiger partial charge in [-0.25, -0.2) is 0 Å². The molecule has 26 heavy (non-hydrogen) atoms. The van der Waals surface area contributed by atoms with Crippen LogP contribution in [-0.2, 0) is 9.53 Å². The zero-order chi connectivity index (χ0) is 18.4. The quantitative estimate of drug-likeness (QED) is 0.699. The smallest absolute Gasteiger partial charge is 0.309 e. The minimum atomic E-state index is -0.291. The third-order valence-corrected chi connectivity index (χ3v) is 4.95. The Bertz CT molecular complexity index is 704. The molecule has 142 valence electrons. The van der Waals surface area contributed by atoms with E-state index in [-0.39, 0.29) is 18.0 Å². The van der Waals surface area contributed by atoms with E-state index in [4.69, 9.17) is 9.47 Å². The fourth-order valence-corrected chi connectivity index (χ4v) is 3.47. The Morgan fingerprint density at radius 1 is 1.23 bits per heavy atom. The van der Waals surface area contributed by atoms with E-state index in [0.717, 1.165) is 42.3 Å². The molecule has 2 aromatic rings. The first-order valence-electron chi connectivity index (χ1n) is 9.76. The molecule has 1 atom stereocenters. The van der Waals surface area contributed by atoms with Crippen molar-refractivity contribution >= 4 is 16.9 Å². The molecule has 0 radical (unpaired) electrons. The van der Waals surface area contributed by atoms with Crippen molar-refractivity contribution in [3.8, 4) is 5.75 Å². The zero-order valence-electron chi connectivity index (χ0n) is 15.8. The maximum absolute atomic E-state index is 12.5. The van der Waals surface area contributed by atoms with Gasteiger partial charge in [-0.05, 0) is 31.0 Å². The van der Waals surface area contributed by atoms with E-state index in [1.54, 1.807) is 0 Å². The minimum Gasteiger partial charge on any atom is -0.489 e. The Kier molecular flexibility index (Phi) is 6.56. The third-order valence-electron chi connectivity index (χ3n) is 4.95. The van der Waals surface area contributed by atoms with Crippen LogP contribution in [0.2, 0.25) is 0 Å². The maximum Gasteiger partial charge on any atom is 0.309 e. The number of fused-ring (bicyclic) bond motifs is 1. The maximum atomic E-state index is 12.5. The molecular formula is C21H30N2O3. The molecule has 1 unspecified atom stereocenters. The van der Waals surface area contributed by atoms with Crippen LogP contribution in [0.15, 0.2) is 30.5 Å². The second kappa shape index (κ2) is 9.08. The van der Waals surface area contributed by atoms with E-state index in [1.165, 1.54) is 6.42 Å². The lowest BCUT2D eigenvalue weighted by atomic mass is 9.89. The van der Waals surface area contributed by atoms with Crippen molar-refractivity contribution in [3.05, 3.63) is 30.5 Å². The van der Waals surface area contributed by atoms with Crippen molar-refractivity contribution in [2.24, 2.45) is 5.92 Å². The van der Waals surface area contributed by atoms with Gasteiger partial charge in [0.2, 0.25) is 0 Å². The molecule has 5 heteroatoms. The molecule has 1 fully saturated rings. The number of benzene rings is 1. The topological polar surface area (TPSA) is 63.4 Å². The second-order valence-corrected chi connectivity index (χ2v) is 7.46. The highest BCUT2D eigenvalue weighted by Gasteiger charge is 2.25. The van der Waals surface area contributed by atoms with Gasteiger partial charge in [0.15, 0.2) is 0 Å². The van der Waals surface area contributed by atoms with Gasteiger partial charge < -0.3 is 19.8 Å². The molecule has 1 aromatic carbocycles. The molecule has 0 saturated heterocycles. The molecule has 1 aliphatic carbocycles. The van der Waals surface area contributed by atoms with Crippen LogP contribution in [0, 0.1) is 5.92 Å². The van der Waals surface area contributed by atoms with Crippen molar-refractivity contribution in [1.82, 2.24) is 10.3 Å². The van der Waals surface area contributed by atoms with Crippen LogP contribution in [-0.4, -0.2) is 36.3 Å². The van der Waals surface area contributed by atoms with Gasteiger partial charge in [-0.2, -0.15) is 0 Å². The average molecular weight is 358 g/mol. The largest absolute Gasteiger partial charge is 0.489 e. The standard InChI is InChI=1S/C21H30N2O3/c1-15(2)23-13-17(26-21(24)16-7-4-3-5-8-16)14-25-20-10-6-9-19-18(20)11-12-22-19/h6,9-12,15-17,22-23H,3-5,7-8,13-14H2,1-2H3. The molecule has 1 heterocycles. The van der Waals surface area contributed by atoms with E-state index in [0.29, 0.717) is 19.2 Å². The predicted octanol–water partition coefficient (Wildman–Crippen LogP) is 4.04. The Morgan fingerprint density at radius 2 is 2.04 bits per heavy atom. The lowest BCUT2D eigenvalue weighted by Gasteiger charge is -2.25. The van der Waals surface area contributed by atoms with Crippen LogP contribution in [0.25, 0.3) is 10.9 Å². The first kappa shape index (κ1) is 18.8. The van der Waals surface area contributed by atoms with Gasteiger partial charge in [0.1, 0.15) is 18.5 Å². The number of aromatic amines is 1. The van der Waals surface area contributed by atoms with Crippen molar-refractivity contribution < 1.29 is 14.3 Å². The van der Waals surface area contributed by atoms with Crippen LogP contribution < -0.4 is 10.1 Å². The molecule has 2 N–H and O–H groups in total. The number of hydrogen-bond donors (Lipinski definition) is 2. The molecule has 0 aliphatic heterocycles.